The van der Waals surface area contributed by atoms with Crippen molar-refractivity contribution in [1.82, 2.24) is 19.1 Å². The van der Waals surface area contributed by atoms with Crippen LogP contribution < -0.4 is 0 Å². The van der Waals surface area contributed by atoms with E-state index in [1.165, 1.54) is 11.1 Å². The summed E-state index contributed by atoms with van der Waals surface area (Å²) >= 11 is 7.45. The molecule has 0 N–H and O–H groups in total. The maximum Gasteiger partial charge on any atom is 0.137 e. The van der Waals surface area contributed by atoms with Gasteiger partial charge in [0.2, 0.25) is 0 Å². The van der Waals surface area contributed by atoms with Gasteiger partial charge in [-0.15, -0.1) is 0 Å². The molecular weight excluding hydrogens is 600 g/mol. The lowest BCUT2D eigenvalue weighted by Crippen LogP contribution is -2.12. The van der Waals surface area contributed by atoms with Crippen LogP contribution in [0.2, 0.25) is 0 Å². The average molecular weight is 630 g/mol. The van der Waals surface area contributed by atoms with Gasteiger partial charge >= 0.3 is 0 Å². The molecule has 192 valence electrons. The Morgan fingerprint density at radius 2 is 0.947 bits per heavy atom. The van der Waals surface area contributed by atoms with E-state index in [1.54, 1.807) is 0 Å². The molecule has 0 saturated heterocycles. The monoisotopic (exact) mass is 628 g/mol. The highest BCUT2D eigenvalue weighted by Crippen LogP contribution is 2.42. The number of hydrogen-bond donors (Lipinski definition) is 0. The Morgan fingerprint density at radius 3 is 1.32 bits per heavy atom. The van der Waals surface area contributed by atoms with Gasteiger partial charge in [0.25, 0.3) is 0 Å². The highest BCUT2D eigenvalue weighted by molar-refractivity contribution is 9.10. The lowest BCUT2D eigenvalue weighted by Gasteiger charge is -2.20. The van der Waals surface area contributed by atoms with Crippen molar-refractivity contribution >= 4 is 64.7 Å². The number of fused-ring (bicyclic) bond motifs is 5. The second-order valence-electron chi connectivity index (χ2n) is 12.0. The molecule has 6 heteroatoms. The van der Waals surface area contributed by atoms with Gasteiger partial charge in [-0.3, -0.25) is 9.13 Å². The predicted molar refractivity (Wildman–Crippen MR) is 166 cm³/mol. The van der Waals surface area contributed by atoms with E-state index in [-0.39, 0.29) is 10.8 Å². The first-order chi connectivity index (χ1) is 17.9. The summed E-state index contributed by atoms with van der Waals surface area (Å²) in [5.41, 5.74) is 6.98. The van der Waals surface area contributed by atoms with Gasteiger partial charge in [0, 0.05) is 32.1 Å². The van der Waals surface area contributed by atoms with Gasteiger partial charge in [0.1, 0.15) is 11.6 Å². The summed E-state index contributed by atoms with van der Waals surface area (Å²) in [7, 11) is 0. The van der Waals surface area contributed by atoms with Crippen LogP contribution in [-0.2, 0) is 10.8 Å². The number of halogens is 2. The molecule has 38 heavy (non-hydrogen) atoms. The van der Waals surface area contributed by atoms with Crippen LogP contribution in [-0.4, -0.2) is 19.1 Å². The zero-order chi connectivity index (χ0) is 27.0. The van der Waals surface area contributed by atoms with Crippen LogP contribution in [0.1, 0.15) is 52.7 Å². The zero-order valence-corrected chi connectivity index (χ0v) is 25.6. The molecule has 6 aromatic rings. The summed E-state index contributed by atoms with van der Waals surface area (Å²) in [6.45, 7) is 13.4. The van der Waals surface area contributed by atoms with Crippen molar-refractivity contribution in [3.8, 4) is 11.6 Å². The van der Waals surface area contributed by atoms with E-state index in [9.17, 15) is 0 Å². The van der Waals surface area contributed by atoms with Crippen molar-refractivity contribution in [2.24, 2.45) is 0 Å². The van der Waals surface area contributed by atoms with Crippen LogP contribution in [0.4, 0.5) is 0 Å². The minimum Gasteiger partial charge on any atom is -0.291 e. The van der Waals surface area contributed by atoms with Gasteiger partial charge in [-0.05, 0) is 82.6 Å². The Bertz CT molecular complexity index is 1730. The molecule has 4 nitrogen and oxygen atoms in total. The largest absolute Gasteiger partial charge is 0.291 e. The SMILES string of the molecule is CC(C)(C)c1ccnc(-n2c3cc(Br)ccc3c3c2c2ccc(Br)cc2n3-c2cc(C(C)(C)C)ccn2)c1. The van der Waals surface area contributed by atoms with Gasteiger partial charge in [-0.1, -0.05) is 73.4 Å². The molecule has 0 aliphatic rings. The van der Waals surface area contributed by atoms with Crippen LogP contribution in [0.3, 0.4) is 0 Å². The predicted octanol–water partition coefficient (Wildman–Crippen LogP) is 9.64. The number of rotatable bonds is 2. The Labute approximate surface area is 240 Å². The molecule has 0 spiro atoms. The molecule has 0 saturated carbocycles. The minimum atomic E-state index is 0.0104. The maximum absolute atomic E-state index is 4.89. The fraction of sp³-hybridized carbons (Fsp3) is 0.250. The first-order valence-corrected chi connectivity index (χ1v) is 14.4. The molecule has 4 heterocycles. The van der Waals surface area contributed by atoms with Crippen LogP contribution in [0.15, 0.2) is 82.0 Å². The second-order valence-corrected chi connectivity index (χ2v) is 13.8. The highest BCUT2D eigenvalue weighted by Gasteiger charge is 2.25. The summed E-state index contributed by atoms with van der Waals surface area (Å²) < 4.78 is 6.69. The number of aromatic nitrogens is 4. The van der Waals surface area contributed by atoms with E-state index in [4.69, 9.17) is 9.97 Å². The molecule has 0 aliphatic heterocycles. The Balaban J connectivity index is 1.81. The molecule has 2 aromatic carbocycles. The van der Waals surface area contributed by atoms with Crippen LogP contribution >= 0.6 is 31.9 Å². The molecule has 0 amide bonds. The third-order valence-electron chi connectivity index (χ3n) is 7.26. The Hall–Kier alpha value is -2.96. The van der Waals surface area contributed by atoms with Crippen molar-refractivity contribution in [1.29, 1.82) is 0 Å². The topological polar surface area (TPSA) is 35.6 Å². The van der Waals surface area contributed by atoms with Gasteiger partial charge in [-0.25, -0.2) is 9.97 Å². The van der Waals surface area contributed by atoms with Gasteiger partial charge in [-0.2, -0.15) is 0 Å². The normalized spacial score (nSPS) is 12.7. The van der Waals surface area contributed by atoms with Crippen molar-refractivity contribution in [3.63, 3.8) is 0 Å². The molecular formula is C32H30Br2N4. The van der Waals surface area contributed by atoms with E-state index < -0.39 is 0 Å². The van der Waals surface area contributed by atoms with Crippen LogP contribution in [0, 0.1) is 0 Å². The summed E-state index contributed by atoms with van der Waals surface area (Å²) in [6.07, 6.45) is 3.85. The molecule has 4 aromatic heterocycles. The van der Waals surface area contributed by atoms with Crippen LogP contribution in [0.25, 0.3) is 44.5 Å². The van der Waals surface area contributed by atoms with E-state index in [2.05, 4.69) is 143 Å². The molecule has 0 unspecified atom stereocenters. The molecule has 0 radical (unpaired) electrons. The van der Waals surface area contributed by atoms with Crippen molar-refractivity contribution < 1.29 is 0 Å². The zero-order valence-electron chi connectivity index (χ0n) is 22.5. The van der Waals surface area contributed by atoms with E-state index >= 15 is 0 Å². The maximum atomic E-state index is 4.89. The standard InChI is InChI=1S/C32H30Br2N4/c1-31(2,3)19-11-13-35-27(15-19)37-25-17-21(33)7-9-23(25)30-29(37)24-10-8-22(34)18-26(24)38(30)28-16-20(12-14-36-28)32(4,5)6/h7-18H,1-6H3. The molecule has 0 fully saturated rings. The molecule has 0 aliphatic carbocycles. The minimum absolute atomic E-state index is 0.0104. The first kappa shape index (κ1) is 25.3. The second kappa shape index (κ2) is 8.78. The van der Waals surface area contributed by atoms with Crippen molar-refractivity contribution in [2.75, 3.05) is 0 Å². The van der Waals surface area contributed by atoms with Crippen molar-refractivity contribution in [3.05, 3.63) is 93.1 Å². The molecule has 0 bridgehead atoms. The summed E-state index contributed by atoms with van der Waals surface area (Å²) in [5, 5.41) is 2.31. The quantitative estimate of drug-likeness (QED) is 0.191. The van der Waals surface area contributed by atoms with Crippen molar-refractivity contribution in [2.45, 2.75) is 52.4 Å². The lowest BCUT2D eigenvalue weighted by molar-refractivity contribution is 0.588. The van der Waals surface area contributed by atoms with Crippen LogP contribution in [0.5, 0.6) is 0 Å². The number of pyridine rings is 2. The summed E-state index contributed by atoms with van der Waals surface area (Å²) in [6, 6.07) is 21.7. The fourth-order valence-electron chi connectivity index (χ4n) is 5.22. The third kappa shape index (κ3) is 4.09. The fourth-order valence-corrected chi connectivity index (χ4v) is 5.92. The Kier molecular flexibility index (Phi) is 5.85. The third-order valence-corrected chi connectivity index (χ3v) is 8.25. The number of nitrogens with zero attached hydrogens (tertiary/aromatic N) is 4. The van der Waals surface area contributed by atoms with E-state index in [0.29, 0.717) is 0 Å². The van der Waals surface area contributed by atoms with Gasteiger partial charge in [0.05, 0.1) is 22.1 Å². The average Bonchev–Trinajstić information content (AvgIpc) is 3.34. The molecule has 0 atom stereocenters. The number of hydrogen-bond acceptors (Lipinski definition) is 2. The van der Waals surface area contributed by atoms with Gasteiger partial charge < -0.3 is 0 Å². The summed E-state index contributed by atoms with van der Waals surface area (Å²) in [5.74, 6) is 1.82. The lowest BCUT2D eigenvalue weighted by atomic mass is 9.88. The smallest absolute Gasteiger partial charge is 0.137 e. The highest BCUT2D eigenvalue weighted by atomic mass is 79.9. The summed E-state index contributed by atoms with van der Waals surface area (Å²) in [4.78, 5) is 9.78. The van der Waals surface area contributed by atoms with Gasteiger partial charge in [0.15, 0.2) is 0 Å². The molecule has 6 rings (SSSR count). The van der Waals surface area contributed by atoms with E-state index in [0.717, 1.165) is 53.4 Å². The first-order valence-electron chi connectivity index (χ1n) is 12.8. The number of benzene rings is 2. The Morgan fingerprint density at radius 1 is 0.553 bits per heavy atom. The van der Waals surface area contributed by atoms with E-state index in [1.807, 2.05) is 12.4 Å².